The van der Waals surface area contributed by atoms with Gasteiger partial charge in [-0.1, -0.05) is 41.0 Å². The molecule has 0 atom stereocenters. The number of hydrogen-bond acceptors (Lipinski definition) is 9. The van der Waals surface area contributed by atoms with Crippen molar-refractivity contribution in [2.75, 3.05) is 44.7 Å². The van der Waals surface area contributed by atoms with E-state index in [1.807, 2.05) is 24.1 Å². The van der Waals surface area contributed by atoms with Crippen molar-refractivity contribution in [3.05, 3.63) is 64.5 Å². The Morgan fingerprint density at radius 2 is 1.77 bits per heavy atom. The lowest BCUT2D eigenvalue weighted by Crippen LogP contribution is -2.48. The van der Waals surface area contributed by atoms with E-state index in [4.69, 9.17) is 20.9 Å². The number of hydrogen-bond donors (Lipinski definition) is 1. The van der Waals surface area contributed by atoms with Crippen LogP contribution < -0.4 is 10.2 Å². The second-order valence-electron chi connectivity index (χ2n) is 11.6. The lowest BCUT2D eigenvalue weighted by Gasteiger charge is -2.32. The molecule has 0 spiro atoms. The van der Waals surface area contributed by atoms with E-state index in [1.54, 1.807) is 62.9 Å². The number of anilines is 1. The van der Waals surface area contributed by atoms with Crippen LogP contribution in [0.1, 0.15) is 44.7 Å². The Kier molecular flexibility index (Phi) is 10.5. The average molecular weight is 626 g/mol. The van der Waals surface area contributed by atoms with E-state index < -0.39 is 11.7 Å². The van der Waals surface area contributed by atoms with Crippen LogP contribution in [0.25, 0.3) is 11.4 Å². The Labute approximate surface area is 262 Å². The molecule has 0 radical (unpaired) electrons. The predicted octanol–water partition coefficient (Wildman–Crippen LogP) is 4.27. The Hall–Kier alpha value is -4.16. The second-order valence-corrected chi connectivity index (χ2v) is 12.0. The van der Waals surface area contributed by atoms with E-state index in [0.717, 1.165) is 0 Å². The monoisotopic (exact) mass is 625 g/mol. The summed E-state index contributed by atoms with van der Waals surface area (Å²) in [7, 11) is 1.72. The summed E-state index contributed by atoms with van der Waals surface area (Å²) in [6.45, 7) is 10.8. The first-order chi connectivity index (χ1) is 20.8. The van der Waals surface area contributed by atoms with Gasteiger partial charge >= 0.3 is 6.09 Å². The van der Waals surface area contributed by atoms with E-state index in [1.165, 1.54) is 16.0 Å². The molecule has 4 rings (SSSR count). The molecule has 1 aliphatic rings. The number of ether oxygens (including phenoxy) is 1. The van der Waals surface area contributed by atoms with Crippen molar-refractivity contribution < 1.29 is 23.6 Å². The Morgan fingerprint density at radius 3 is 2.36 bits per heavy atom. The molecule has 2 heterocycles. The molecule has 1 aliphatic heterocycles. The highest BCUT2D eigenvalue weighted by atomic mass is 35.5. The average Bonchev–Trinajstić information content (AvgIpc) is 3.60. The number of halogens is 1. The zero-order valence-electron chi connectivity index (χ0n) is 26.1. The highest BCUT2D eigenvalue weighted by Gasteiger charge is 2.28. The first-order valence-electron chi connectivity index (χ1n) is 14.5. The van der Waals surface area contributed by atoms with Gasteiger partial charge in [0.2, 0.25) is 17.6 Å². The molecule has 44 heavy (non-hydrogen) atoms. The van der Waals surface area contributed by atoms with Gasteiger partial charge in [-0.05, 0) is 57.0 Å². The summed E-state index contributed by atoms with van der Waals surface area (Å²) >= 11 is 6.64. The highest BCUT2D eigenvalue weighted by Crippen LogP contribution is 2.31. The van der Waals surface area contributed by atoms with Gasteiger partial charge in [-0.2, -0.15) is 4.98 Å². The molecule has 0 aliphatic carbocycles. The minimum absolute atomic E-state index is 0.121. The van der Waals surface area contributed by atoms with Crippen molar-refractivity contribution in [2.45, 2.75) is 53.3 Å². The first kappa shape index (κ1) is 32.7. The minimum atomic E-state index is -0.625. The van der Waals surface area contributed by atoms with Gasteiger partial charge in [0.15, 0.2) is 0 Å². The van der Waals surface area contributed by atoms with Crippen LogP contribution in [-0.2, 0) is 27.4 Å². The van der Waals surface area contributed by atoms with Crippen LogP contribution >= 0.6 is 11.6 Å². The number of amides is 3. The number of carbonyl (C=O) groups excluding carboxylic acids is 3. The zero-order valence-corrected chi connectivity index (χ0v) is 26.8. The van der Waals surface area contributed by atoms with E-state index >= 15 is 0 Å². The number of aryl methyl sites for hydroxylation is 1. The molecule has 0 fully saturated rings. The van der Waals surface area contributed by atoms with Crippen LogP contribution in [0.15, 0.2) is 47.0 Å². The van der Waals surface area contributed by atoms with Gasteiger partial charge < -0.3 is 24.4 Å². The Morgan fingerprint density at radius 1 is 1.09 bits per heavy atom. The van der Waals surface area contributed by atoms with Gasteiger partial charge in [0.1, 0.15) is 5.60 Å². The molecule has 0 saturated heterocycles. The number of fused-ring (bicyclic) bond motifs is 1. The van der Waals surface area contributed by atoms with Crippen molar-refractivity contribution in [3.63, 3.8) is 0 Å². The number of hydrazine groups is 1. The van der Waals surface area contributed by atoms with Gasteiger partial charge in [0, 0.05) is 52.3 Å². The topological polar surface area (TPSA) is 124 Å². The Bertz CT molecular complexity index is 1460. The van der Waals surface area contributed by atoms with E-state index in [2.05, 4.69) is 27.6 Å². The van der Waals surface area contributed by atoms with Crippen LogP contribution in [0.2, 0.25) is 5.02 Å². The molecule has 12 nitrogen and oxygen atoms in total. The number of benzene rings is 2. The molecular weight excluding hydrogens is 586 g/mol. The Balaban J connectivity index is 1.48. The van der Waals surface area contributed by atoms with Gasteiger partial charge in [-0.15, -0.1) is 0 Å². The standard InChI is InChI=1S/C31H40ClN7O5/c1-7-37(30(42)43-31(3,4)5)15-14-33-27(40)19-38(26-16-22(12-13-25(26)32)29-34-21(2)44-35-29)20-28(41)36(6)39-17-23-10-8-9-11-24(23)18-39/h8-13,16H,7,14-15,17-20H2,1-6H3,(H,33,40). The summed E-state index contributed by atoms with van der Waals surface area (Å²) < 4.78 is 10.6. The number of likely N-dealkylation sites (N-methyl/N-ethyl adjacent to an activating group) is 2. The molecular formula is C31H40ClN7O5. The molecule has 1 aromatic heterocycles. The quantitative estimate of drug-likeness (QED) is 0.333. The molecule has 0 saturated carbocycles. The van der Waals surface area contributed by atoms with Crippen LogP contribution in [0.4, 0.5) is 10.5 Å². The maximum Gasteiger partial charge on any atom is 0.410 e. The van der Waals surface area contributed by atoms with Crippen LogP contribution in [0.5, 0.6) is 0 Å². The number of carbonyl (C=O) groups is 3. The van der Waals surface area contributed by atoms with Gasteiger partial charge in [-0.25, -0.2) is 9.80 Å². The molecule has 3 amide bonds. The SMILES string of the molecule is CCN(CCNC(=O)CN(CC(=O)N(C)N1Cc2ccccc2C1)c1cc(-c2noc(C)n2)ccc1Cl)C(=O)OC(C)(C)C. The van der Waals surface area contributed by atoms with Crippen molar-refractivity contribution >= 4 is 35.2 Å². The molecule has 0 bridgehead atoms. The third-order valence-electron chi connectivity index (χ3n) is 7.08. The maximum atomic E-state index is 13.6. The number of nitrogens with zero attached hydrogens (tertiary/aromatic N) is 6. The normalized spacial score (nSPS) is 12.9. The van der Waals surface area contributed by atoms with E-state index in [9.17, 15) is 14.4 Å². The fourth-order valence-electron chi connectivity index (χ4n) is 4.75. The molecule has 0 unspecified atom stereocenters. The summed E-state index contributed by atoms with van der Waals surface area (Å²) in [6.07, 6.45) is -0.450. The van der Waals surface area contributed by atoms with E-state index in [-0.39, 0.29) is 38.0 Å². The zero-order chi connectivity index (χ0) is 32.0. The molecule has 13 heteroatoms. The highest BCUT2D eigenvalue weighted by molar-refractivity contribution is 6.33. The fraction of sp³-hybridized carbons (Fsp3) is 0.452. The van der Waals surface area contributed by atoms with Crippen LogP contribution in [-0.4, -0.2) is 88.3 Å². The van der Waals surface area contributed by atoms with Gasteiger partial charge in [0.25, 0.3) is 5.91 Å². The number of nitrogens with one attached hydrogen (secondary N) is 1. The smallest absolute Gasteiger partial charge is 0.410 e. The third-order valence-corrected chi connectivity index (χ3v) is 7.40. The largest absolute Gasteiger partial charge is 0.444 e. The molecule has 2 aromatic carbocycles. The lowest BCUT2D eigenvalue weighted by molar-refractivity contribution is -0.145. The summed E-state index contributed by atoms with van der Waals surface area (Å²) in [6, 6.07) is 13.2. The summed E-state index contributed by atoms with van der Waals surface area (Å²) in [4.78, 5) is 46.8. The van der Waals surface area contributed by atoms with Crippen molar-refractivity contribution in [3.8, 4) is 11.4 Å². The minimum Gasteiger partial charge on any atom is -0.444 e. The van der Waals surface area contributed by atoms with Crippen molar-refractivity contribution in [1.82, 2.24) is 30.4 Å². The van der Waals surface area contributed by atoms with Gasteiger partial charge in [0.05, 0.1) is 23.8 Å². The lowest BCUT2D eigenvalue weighted by atomic mass is 10.1. The molecule has 1 N–H and O–H groups in total. The van der Waals surface area contributed by atoms with E-state index in [0.29, 0.717) is 47.6 Å². The van der Waals surface area contributed by atoms with Gasteiger partial charge in [-0.3, -0.25) is 14.6 Å². The summed E-state index contributed by atoms with van der Waals surface area (Å²) in [5, 5.41) is 10.7. The number of rotatable bonds is 11. The number of aromatic nitrogens is 2. The van der Waals surface area contributed by atoms with Crippen molar-refractivity contribution in [2.24, 2.45) is 0 Å². The third kappa shape index (κ3) is 8.48. The fourth-order valence-corrected chi connectivity index (χ4v) is 4.99. The predicted molar refractivity (Wildman–Crippen MR) is 167 cm³/mol. The van der Waals surface area contributed by atoms with Crippen LogP contribution in [0, 0.1) is 6.92 Å². The molecule has 3 aromatic rings. The maximum absolute atomic E-state index is 13.6. The van der Waals surface area contributed by atoms with Crippen molar-refractivity contribution in [1.29, 1.82) is 0 Å². The summed E-state index contributed by atoms with van der Waals surface area (Å²) in [5.74, 6) is 0.212. The second kappa shape index (κ2) is 14.1. The first-order valence-corrected chi connectivity index (χ1v) is 14.9. The van der Waals surface area contributed by atoms with Crippen LogP contribution in [0.3, 0.4) is 0 Å². The molecule has 236 valence electrons. The summed E-state index contributed by atoms with van der Waals surface area (Å²) in [5.41, 5.74) is 2.81.